The number of unbranched alkanes of at least 4 members (excludes halogenated alkanes) is 6. The SMILES string of the molecule is CCCCCCCCCC(N)c1ccc(F)cc1Cl. The molecule has 0 radical (unpaired) electrons. The maximum absolute atomic E-state index is 12.9. The molecule has 1 aromatic rings. The number of nitrogens with two attached hydrogens (primary N) is 1. The zero-order valence-corrected chi connectivity index (χ0v) is 12.6. The Morgan fingerprint density at radius 2 is 1.74 bits per heavy atom. The van der Waals surface area contributed by atoms with Crippen molar-refractivity contribution in [1.29, 1.82) is 0 Å². The Bertz CT molecular complexity index is 368. The molecule has 1 atom stereocenters. The first kappa shape index (κ1) is 16.5. The summed E-state index contributed by atoms with van der Waals surface area (Å²) in [6, 6.07) is 4.38. The quantitative estimate of drug-likeness (QED) is 0.586. The maximum atomic E-state index is 12.9. The van der Waals surface area contributed by atoms with Crippen LogP contribution in [-0.4, -0.2) is 0 Å². The Balaban J connectivity index is 2.22. The van der Waals surface area contributed by atoms with Crippen LogP contribution in [0.5, 0.6) is 0 Å². The minimum absolute atomic E-state index is 0.0799. The van der Waals surface area contributed by atoms with Crippen LogP contribution in [0, 0.1) is 5.82 Å². The first-order chi connectivity index (χ1) is 9.15. The van der Waals surface area contributed by atoms with Crippen molar-refractivity contribution in [1.82, 2.24) is 0 Å². The lowest BCUT2D eigenvalue weighted by Gasteiger charge is -2.13. The van der Waals surface area contributed by atoms with E-state index in [0.717, 1.165) is 18.4 Å². The number of hydrogen-bond donors (Lipinski definition) is 1. The minimum Gasteiger partial charge on any atom is -0.324 e. The van der Waals surface area contributed by atoms with E-state index in [9.17, 15) is 4.39 Å². The van der Waals surface area contributed by atoms with E-state index in [4.69, 9.17) is 17.3 Å². The molecular formula is C16H25ClFN. The average molecular weight is 286 g/mol. The van der Waals surface area contributed by atoms with Crippen molar-refractivity contribution in [3.63, 3.8) is 0 Å². The molecule has 2 N–H and O–H groups in total. The first-order valence-electron chi connectivity index (χ1n) is 7.35. The molecule has 1 unspecified atom stereocenters. The van der Waals surface area contributed by atoms with Gasteiger partial charge in [0.2, 0.25) is 0 Å². The van der Waals surface area contributed by atoms with Gasteiger partial charge in [-0.1, -0.05) is 69.5 Å². The van der Waals surface area contributed by atoms with Gasteiger partial charge < -0.3 is 5.73 Å². The highest BCUT2D eigenvalue weighted by atomic mass is 35.5. The summed E-state index contributed by atoms with van der Waals surface area (Å²) in [4.78, 5) is 0. The van der Waals surface area contributed by atoms with Crippen molar-refractivity contribution in [2.24, 2.45) is 5.73 Å². The van der Waals surface area contributed by atoms with Crippen molar-refractivity contribution < 1.29 is 4.39 Å². The summed E-state index contributed by atoms with van der Waals surface area (Å²) >= 11 is 6.00. The summed E-state index contributed by atoms with van der Waals surface area (Å²) in [5.41, 5.74) is 6.96. The fourth-order valence-electron chi connectivity index (χ4n) is 2.28. The van der Waals surface area contributed by atoms with Gasteiger partial charge in [-0.2, -0.15) is 0 Å². The molecule has 0 aliphatic carbocycles. The van der Waals surface area contributed by atoms with Crippen LogP contribution in [0.4, 0.5) is 4.39 Å². The first-order valence-corrected chi connectivity index (χ1v) is 7.73. The van der Waals surface area contributed by atoms with Gasteiger partial charge in [-0.3, -0.25) is 0 Å². The van der Waals surface area contributed by atoms with Gasteiger partial charge in [0.25, 0.3) is 0 Å². The molecule has 0 aromatic heterocycles. The summed E-state index contributed by atoms with van der Waals surface area (Å²) in [5.74, 6) is -0.308. The Kier molecular flexibility index (Phi) is 8.08. The van der Waals surface area contributed by atoms with E-state index < -0.39 is 0 Å². The van der Waals surface area contributed by atoms with E-state index in [1.807, 2.05) is 0 Å². The number of benzene rings is 1. The van der Waals surface area contributed by atoms with Crippen molar-refractivity contribution in [2.45, 2.75) is 64.3 Å². The van der Waals surface area contributed by atoms with E-state index in [1.54, 1.807) is 6.07 Å². The Morgan fingerprint density at radius 3 is 2.37 bits per heavy atom. The van der Waals surface area contributed by atoms with Crippen molar-refractivity contribution in [2.75, 3.05) is 0 Å². The second-order valence-corrected chi connectivity index (χ2v) is 5.59. The molecule has 0 heterocycles. The van der Waals surface area contributed by atoms with Crippen LogP contribution in [-0.2, 0) is 0 Å². The smallest absolute Gasteiger partial charge is 0.124 e. The van der Waals surface area contributed by atoms with E-state index in [0.29, 0.717) is 5.02 Å². The fourth-order valence-corrected chi connectivity index (χ4v) is 2.59. The third-order valence-electron chi connectivity index (χ3n) is 3.48. The molecule has 0 saturated carbocycles. The summed E-state index contributed by atoms with van der Waals surface area (Å²) in [5, 5.41) is 0.440. The van der Waals surface area contributed by atoms with Crippen LogP contribution in [0.2, 0.25) is 5.02 Å². The summed E-state index contributed by atoms with van der Waals surface area (Å²) < 4.78 is 12.9. The van der Waals surface area contributed by atoms with Gasteiger partial charge in [0, 0.05) is 11.1 Å². The maximum Gasteiger partial charge on any atom is 0.124 e. The van der Waals surface area contributed by atoms with Gasteiger partial charge >= 0.3 is 0 Å². The number of hydrogen-bond acceptors (Lipinski definition) is 1. The van der Waals surface area contributed by atoms with Crippen LogP contribution in [0.25, 0.3) is 0 Å². The van der Waals surface area contributed by atoms with Gasteiger partial charge in [-0.25, -0.2) is 4.39 Å². The highest BCUT2D eigenvalue weighted by molar-refractivity contribution is 6.31. The molecule has 0 fully saturated rings. The predicted octanol–water partition coefficient (Wildman–Crippen LogP) is 5.62. The third kappa shape index (κ3) is 6.40. The molecule has 0 aliphatic heterocycles. The number of halogens is 2. The molecule has 0 amide bonds. The summed E-state index contributed by atoms with van der Waals surface area (Å²) in [6.45, 7) is 2.23. The summed E-state index contributed by atoms with van der Waals surface area (Å²) in [6.07, 6.45) is 9.81. The lowest BCUT2D eigenvalue weighted by Crippen LogP contribution is -2.10. The van der Waals surface area contributed by atoms with Gasteiger partial charge in [0.1, 0.15) is 5.82 Å². The van der Waals surface area contributed by atoms with E-state index >= 15 is 0 Å². The molecule has 1 rings (SSSR count). The lowest BCUT2D eigenvalue weighted by atomic mass is 10.00. The zero-order chi connectivity index (χ0) is 14.1. The minimum atomic E-state index is -0.308. The van der Waals surface area contributed by atoms with Crippen LogP contribution in [0.15, 0.2) is 18.2 Å². The molecular weight excluding hydrogens is 261 g/mol. The molecule has 0 bridgehead atoms. The van der Waals surface area contributed by atoms with Crippen LogP contribution in [0.3, 0.4) is 0 Å². The third-order valence-corrected chi connectivity index (χ3v) is 3.81. The molecule has 108 valence electrons. The van der Waals surface area contributed by atoms with Gasteiger partial charge in [0.15, 0.2) is 0 Å². The Morgan fingerprint density at radius 1 is 1.11 bits per heavy atom. The van der Waals surface area contributed by atoms with Crippen LogP contribution < -0.4 is 5.73 Å². The highest BCUT2D eigenvalue weighted by Gasteiger charge is 2.10. The molecule has 0 saturated heterocycles. The Hall–Kier alpha value is -0.600. The second kappa shape index (κ2) is 9.33. The van der Waals surface area contributed by atoms with Crippen LogP contribution in [0.1, 0.15) is 69.9 Å². The predicted molar refractivity (Wildman–Crippen MR) is 80.9 cm³/mol. The van der Waals surface area contributed by atoms with Crippen molar-refractivity contribution in [3.05, 3.63) is 34.6 Å². The molecule has 0 spiro atoms. The van der Waals surface area contributed by atoms with Crippen molar-refractivity contribution >= 4 is 11.6 Å². The Labute approximate surface area is 121 Å². The second-order valence-electron chi connectivity index (χ2n) is 5.18. The van der Waals surface area contributed by atoms with Gasteiger partial charge in [-0.05, 0) is 24.1 Å². The van der Waals surface area contributed by atoms with E-state index in [-0.39, 0.29) is 11.9 Å². The van der Waals surface area contributed by atoms with Gasteiger partial charge in [0.05, 0.1) is 0 Å². The molecule has 1 aromatic carbocycles. The topological polar surface area (TPSA) is 26.0 Å². The van der Waals surface area contributed by atoms with Crippen molar-refractivity contribution in [3.8, 4) is 0 Å². The van der Waals surface area contributed by atoms with E-state index in [1.165, 1.54) is 50.7 Å². The van der Waals surface area contributed by atoms with E-state index in [2.05, 4.69) is 6.92 Å². The number of rotatable bonds is 9. The highest BCUT2D eigenvalue weighted by Crippen LogP contribution is 2.26. The monoisotopic (exact) mass is 285 g/mol. The molecule has 1 nitrogen and oxygen atoms in total. The molecule has 19 heavy (non-hydrogen) atoms. The standard InChI is InChI=1S/C16H25ClFN/c1-2-3-4-5-6-7-8-9-16(19)14-11-10-13(18)12-15(14)17/h10-12,16H,2-9,19H2,1H3. The normalized spacial score (nSPS) is 12.6. The van der Waals surface area contributed by atoms with Gasteiger partial charge in [-0.15, -0.1) is 0 Å². The molecule has 3 heteroatoms. The van der Waals surface area contributed by atoms with Crippen LogP contribution >= 0.6 is 11.6 Å². The largest absolute Gasteiger partial charge is 0.324 e. The molecule has 0 aliphatic rings. The lowest BCUT2D eigenvalue weighted by molar-refractivity contribution is 0.540. The summed E-state index contributed by atoms with van der Waals surface area (Å²) in [7, 11) is 0. The fraction of sp³-hybridized carbons (Fsp3) is 0.625. The zero-order valence-electron chi connectivity index (χ0n) is 11.8. The average Bonchev–Trinajstić information content (AvgIpc) is 2.37.